The summed E-state index contributed by atoms with van der Waals surface area (Å²) in [7, 11) is 1.28. The maximum Gasteiger partial charge on any atom is 0.408 e. The van der Waals surface area contributed by atoms with Crippen molar-refractivity contribution >= 4 is 28.0 Å². The van der Waals surface area contributed by atoms with Crippen LogP contribution in [-0.4, -0.2) is 31.0 Å². The number of unbranched alkanes of at least 4 members (excludes halogenated alkanes) is 1. The van der Waals surface area contributed by atoms with Crippen LogP contribution in [0.4, 0.5) is 4.79 Å². The van der Waals surface area contributed by atoms with Gasteiger partial charge in [-0.05, 0) is 30.4 Å². The standard InChI is InChI=1S/C21H22BrNO4/c1-26-19(24)14-23-20(25)27-21(12-6-7-13-22)17-10-4-2-8-15(17)16-9-3-5-11-18(16)21/h2-5,8-11H,6-7,12-14H2,1H3,(H,23,25). The summed E-state index contributed by atoms with van der Waals surface area (Å²) in [6, 6.07) is 16.0. The number of amides is 1. The molecule has 2 aromatic carbocycles. The Balaban J connectivity index is 1.98. The molecule has 1 aliphatic carbocycles. The van der Waals surface area contributed by atoms with Gasteiger partial charge in [0.1, 0.15) is 6.54 Å². The highest BCUT2D eigenvalue weighted by Crippen LogP contribution is 2.52. The van der Waals surface area contributed by atoms with Gasteiger partial charge in [-0.2, -0.15) is 0 Å². The number of rotatable bonds is 7. The lowest BCUT2D eigenvalue weighted by molar-refractivity contribution is -0.139. The number of hydrogen-bond donors (Lipinski definition) is 1. The van der Waals surface area contributed by atoms with E-state index in [4.69, 9.17) is 4.74 Å². The normalized spacial score (nSPS) is 13.4. The fourth-order valence-electron chi connectivity index (χ4n) is 3.59. The lowest BCUT2D eigenvalue weighted by Gasteiger charge is -2.32. The lowest BCUT2D eigenvalue weighted by atomic mass is 9.86. The number of alkyl carbamates (subject to hydrolysis) is 1. The third-order valence-corrected chi connectivity index (χ3v) is 5.36. The molecule has 0 unspecified atom stereocenters. The van der Waals surface area contributed by atoms with Crippen molar-refractivity contribution in [2.45, 2.75) is 24.9 Å². The van der Waals surface area contributed by atoms with Gasteiger partial charge in [-0.25, -0.2) is 4.79 Å². The summed E-state index contributed by atoms with van der Waals surface area (Å²) in [4.78, 5) is 23.9. The molecule has 0 atom stereocenters. The van der Waals surface area contributed by atoms with E-state index < -0.39 is 17.7 Å². The fourth-order valence-corrected chi connectivity index (χ4v) is 3.99. The van der Waals surface area contributed by atoms with Crippen LogP contribution in [0.1, 0.15) is 30.4 Å². The third-order valence-electron chi connectivity index (χ3n) is 4.80. The summed E-state index contributed by atoms with van der Waals surface area (Å²) < 4.78 is 10.6. The molecule has 3 rings (SSSR count). The van der Waals surface area contributed by atoms with Crippen LogP contribution in [0.25, 0.3) is 11.1 Å². The van der Waals surface area contributed by atoms with Crippen LogP contribution in [0, 0.1) is 0 Å². The number of ether oxygens (including phenoxy) is 2. The van der Waals surface area contributed by atoms with E-state index in [-0.39, 0.29) is 6.54 Å². The average molecular weight is 432 g/mol. The number of methoxy groups -OCH3 is 1. The molecule has 0 saturated heterocycles. The molecule has 1 N–H and O–H groups in total. The second-order valence-electron chi connectivity index (χ2n) is 6.38. The van der Waals surface area contributed by atoms with Crippen LogP contribution in [0.5, 0.6) is 0 Å². The number of fused-ring (bicyclic) bond motifs is 3. The maximum atomic E-state index is 12.5. The number of carbonyl (C=O) groups is 2. The van der Waals surface area contributed by atoms with E-state index in [1.165, 1.54) is 7.11 Å². The molecular weight excluding hydrogens is 410 g/mol. The highest BCUT2D eigenvalue weighted by Gasteiger charge is 2.46. The molecule has 0 aliphatic heterocycles. The molecule has 5 nitrogen and oxygen atoms in total. The quantitative estimate of drug-likeness (QED) is 0.401. The van der Waals surface area contributed by atoms with Gasteiger partial charge in [0, 0.05) is 16.5 Å². The van der Waals surface area contributed by atoms with Gasteiger partial charge >= 0.3 is 12.1 Å². The van der Waals surface area contributed by atoms with E-state index in [1.807, 2.05) is 36.4 Å². The molecule has 1 amide bonds. The number of benzene rings is 2. The van der Waals surface area contributed by atoms with E-state index >= 15 is 0 Å². The molecule has 0 fully saturated rings. The molecule has 0 spiro atoms. The number of alkyl halides is 1. The topological polar surface area (TPSA) is 64.6 Å². The first kappa shape index (κ1) is 19.4. The van der Waals surface area contributed by atoms with Gasteiger partial charge in [-0.1, -0.05) is 64.5 Å². The van der Waals surface area contributed by atoms with Crippen molar-refractivity contribution in [3.8, 4) is 11.1 Å². The molecule has 0 saturated carbocycles. The van der Waals surface area contributed by atoms with E-state index in [9.17, 15) is 9.59 Å². The smallest absolute Gasteiger partial charge is 0.408 e. The zero-order valence-corrected chi connectivity index (χ0v) is 16.8. The number of carbonyl (C=O) groups excluding carboxylic acids is 2. The van der Waals surface area contributed by atoms with Crippen LogP contribution in [0.3, 0.4) is 0 Å². The molecule has 6 heteroatoms. The van der Waals surface area contributed by atoms with Crippen LogP contribution in [0.15, 0.2) is 48.5 Å². The Bertz CT molecular complexity index is 791. The second-order valence-corrected chi connectivity index (χ2v) is 7.18. The Kier molecular flexibility index (Phi) is 6.16. The largest absolute Gasteiger partial charge is 0.468 e. The van der Waals surface area contributed by atoms with Crippen LogP contribution < -0.4 is 5.32 Å². The number of nitrogens with one attached hydrogen (secondary N) is 1. The van der Waals surface area contributed by atoms with Crippen molar-refractivity contribution < 1.29 is 19.1 Å². The monoisotopic (exact) mass is 431 g/mol. The molecule has 0 heterocycles. The predicted octanol–water partition coefficient (Wildman–Crippen LogP) is 4.38. The van der Waals surface area contributed by atoms with Crippen LogP contribution in [0.2, 0.25) is 0 Å². The van der Waals surface area contributed by atoms with E-state index in [0.717, 1.165) is 40.4 Å². The molecule has 0 bridgehead atoms. The third kappa shape index (κ3) is 3.86. The lowest BCUT2D eigenvalue weighted by Crippen LogP contribution is -2.39. The molecule has 0 aromatic heterocycles. The first-order chi connectivity index (χ1) is 13.1. The Labute approximate surface area is 167 Å². The number of halogens is 1. The van der Waals surface area contributed by atoms with Crippen molar-refractivity contribution in [3.05, 3.63) is 59.7 Å². The summed E-state index contributed by atoms with van der Waals surface area (Å²) in [5.74, 6) is -0.521. The summed E-state index contributed by atoms with van der Waals surface area (Å²) >= 11 is 3.47. The average Bonchev–Trinajstić information content (AvgIpc) is 2.97. The zero-order valence-electron chi connectivity index (χ0n) is 15.2. The molecule has 0 radical (unpaired) electrons. The van der Waals surface area contributed by atoms with Crippen molar-refractivity contribution in [1.82, 2.24) is 5.32 Å². The van der Waals surface area contributed by atoms with Crippen molar-refractivity contribution in [3.63, 3.8) is 0 Å². The SMILES string of the molecule is COC(=O)CNC(=O)OC1(CCCCBr)c2ccccc2-c2ccccc21. The predicted molar refractivity (Wildman–Crippen MR) is 107 cm³/mol. The van der Waals surface area contributed by atoms with Gasteiger partial charge in [0.25, 0.3) is 0 Å². The second kappa shape index (κ2) is 8.57. The van der Waals surface area contributed by atoms with E-state index in [1.54, 1.807) is 0 Å². The minimum atomic E-state index is -0.866. The molecule has 1 aliphatic rings. The first-order valence-electron chi connectivity index (χ1n) is 8.91. The Hall–Kier alpha value is -2.34. The Morgan fingerprint density at radius 2 is 1.59 bits per heavy atom. The molecule has 142 valence electrons. The number of hydrogen-bond acceptors (Lipinski definition) is 4. The summed E-state index contributed by atoms with van der Waals surface area (Å²) in [5.41, 5.74) is 3.25. The van der Waals surface area contributed by atoms with Gasteiger partial charge in [-0.15, -0.1) is 0 Å². The first-order valence-corrected chi connectivity index (χ1v) is 10.0. The molecule has 2 aromatic rings. The fraction of sp³-hybridized carbons (Fsp3) is 0.333. The summed E-state index contributed by atoms with van der Waals surface area (Å²) in [6.45, 7) is -0.226. The Morgan fingerprint density at radius 1 is 1.00 bits per heavy atom. The van der Waals surface area contributed by atoms with Crippen molar-refractivity contribution in [1.29, 1.82) is 0 Å². The maximum absolute atomic E-state index is 12.5. The molecular formula is C21H22BrNO4. The van der Waals surface area contributed by atoms with Gasteiger partial charge in [0.2, 0.25) is 0 Å². The van der Waals surface area contributed by atoms with Crippen molar-refractivity contribution in [2.75, 3.05) is 19.0 Å². The number of esters is 1. The van der Waals surface area contributed by atoms with Crippen LogP contribution in [-0.2, 0) is 19.9 Å². The van der Waals surface area contributed by atoms with Gasteiger partial charge in [0.15, 0.2) is 5.60 Å². The molecule has 27 heavy (non-hydrogen) atoms. The minimum absolute atomic E-state index is 0.226. The highest BCUT2D eigenvalue weighted by molar-refractivity contribution is 9.09. The van der Waals surface area contributed by atoms with E-state index in [0.29, 0.717) is 6.42 Å². The highest BCUT2D eigenvalue weighted by atomic mass is 79.9. The van der Waals surface area contributed by atoms with Crippen molar-refractivity contribution in [2.24, 2.45) is 0 Å². The van der Waals surface area contributed by atoms with E-state index in [2.05, 4.69) is 38.1 Å². The summed E-state index contributed by atoms with van der Waals surface area (Å²) in [6.07, 6.45) is 1.89. The van der Waals surface area contributed by atoms with Crippen LogP contribution >= 0.6 is 15.9 Å². The minimum Gasteiger partial charge on any atom is -0.468 e. The van der Waals surface area contributed by atoms with Gasteiger partial charge in [-0.3, -0.25) is 4.79 Å². The summed E-state index contributed by atoms with van der Waals surface area (Å²) in [5, 5.41) is 3.38. The van der Waals surface area contributed by atoms with Gasteiger partial charge < -0.3 is 14.8 Å². The zero-order chi connectivity index (χ0) is 19.3. The van der Waals surface area contributed by atoms with Gasteiger partial charge in [0.05, 0.1) is 7.11 Å². The Morgan fingerprint density at radius 3 is 2.15 bits per heavy atom.